The van der Waals surface area contributed by atoms with Crippen LogP contribution in [0.5, 0.6) is 34.5 Å². The average molecular weight is 511 g/mol. The molecule has 5 aromatic rings. The number of carbonyl (C=O) groups excluding carboxylic acids is 1. The van der Waals surface area contributed by atoms with Crippen LogP contribution in [-0.2, 0) is 0 Å². The number of anilines is 1. The SMILES string of the molecule is COc1ccc(C(=O)Nc2cccc3cc(Oc4ccnc5cc(OC)c(OC)cc45)ccc23)cc1OC. The fraction of sp³-hybridized carbons (Fsp3) is 0.133. The van der Waals surface area contributed by atoms with Gasteiger partial charge in [0, 0.05) is 34.3 Å². The third kappa shape index (κ3) is 4.71. The molecule has 0 atom stereocenters. The Bertz CT molecular complexity index is 1650. The van der Waals surface area contributed by atoms with Crippen molar-refractivity contribution in [1.82, 2.24) is 4.98 Å². The average Bonchev–Trinajstić information content (AvgIpc) is 2.96. The molecule has 1 N–H and O–H groups in total. The molecule has 0 fully saturated rings. The van der Waals surface area contributed by atoms with Crippen LogP contribution in [-0.4, -0.2) is 39.3 Å². The van der Waals surface area contributed by atoms with Gasteiger partial charge in [-0.15, -0.1) is 0 Å². The van der Waals surface area contributed by atoms with Gasteiger partial charge in [-0.3, -0.25) is 9.78 Å². The molecule has 0 saturated carbocycles. The maximum Gasteiger partial charge on any atom is 0.255 e. The summed E-state index contributed by atoms with van der Waals surface area (Å²) in [6.07, 6.45) is 1.69. The normalized spacial score (nSPS) is 10.7. The molecule has 5 rings (SSSR count). The Morgan fingerprint density at radius 3 is 2.18 bits per heavy atom. The number of fused-ring (bicyclic) bond motifs is 2. The molecule has 0 spiro atoms. The Morgan fingerprint density at radius 1 is 0.684 bits per heavy atom. The highest BCUT2D eigenvalue weighted by Crippen LogP contribution is 2.38. The van der Waals surface area contributed by atoms with Gasteiger partial charge in [0.1, 0.15) is 11.5 Å². The third-order valence-corrected chi connectivity index (χ3v) is 6.18. The Labute approximate surface area is 219 Å². The standard InChI is InChI=1S/C30H26N2O6/c1-34-26-11-8-19(15-27(26)35-2)30(33)32-23-7-5-6-18-14-20(9-10-21(18)23)38-25-12-13-31-24-17-29(37-4)28(36-3)16-22(24)25/h5-17H,1-4H3,(H,32,33). The third-order valence-electron chi connectivity index (χ3n) is 6.18. The van der Waals surface area contributed by atoms with Gasteiger partial charge >= 0.3 is 0 Å². The fourth-order valence-corrected chi connectivity index (χ4v) is 4.27. The van der Waals surface area contributed by atoms with Crippen molar-refractivity contribution in [2.45, 2.75) is 0 Å². The molecular formula is C30H26N2O6. The van der Waals surface area contributed by atoms with Gasteiger partial charge in [0.2, 0.25) is 0 Å². The Kier molecular flexibility index (Phi) is 6.86. The topological polar surface area (TPSA) is 88.1 Å². The van der Waals surface area contributed by atoms with Crippen molar-refractivity contribution in [2.75, 3.05) is 33.8 Å². The molecule has 0 aliphatic heterocycles. The minimum atomic E-state index is -0.258. The summed E-state index contributed by atoms with van der Waals surface area (Å²) in [7, 11) is 6.26. The van der Waals surface area contributed by atoms with Crippen molar-refractivity contribution in [3.8, 4) is 34.5 Å². The molecule has 38 heavy (non-hydrogen) atoms. The van der Waals surface area contributed by atoms with Crippen LogP contribution in [0.3, 0.4) is 0 Å². The van der Waals surface area contributed by atoms with Gasteiger partial charge in [-0.2, -0.15) is 0 Å². The van der Waals surface area contributed by atoms with E-state index in [1.54, 1.807) is 51.8 Å². The summed E-state index contributed by atoms with van der Waals surface area (Å²) in [6.45, 7) is 0. The van der Waals surface area contributed by atoms with Crippen molar-refractivity contribution < 1.29 is 28.5 Å². The maximum atomic E-state index is 13.0. The predicted octanol–water partition coefficient (Wildman–Crippen LogP) is 6.47. The molecule has 0 saturated heterocycles. The molecule has 4 aromatic carbocycles. The van der Waals surface area contributed by atoms with Gasteiger partial charge in [-0.25, -0.2) is 0 Å². The summed E-state index contributed by atoms with van der Waals surface area (Å²) in [5.41, 5.74) is 1.86. The van der Waals surface area contributed by atoms with Gasteiger partial charge in [-0.1, -0.05) is 12.1 Å². The zero-order valence-electron chi connectivity index (χ0n) is 21.4. The van der Waals surface area contributed by atoms with E-state index in [0.717, 1.165) is 21.7 Å². The van der Waals surface area contributed by atoms with Crippen LogP contribution in [0.25, 0.3) is 21.7 Å². The van der Waals surface area contributed by atoms with E-state index in [-0.39, 0.29) is 5.91 Å². The Balaban J connectivity index is 1.43. The summed E-state index contributed by atoms with van der Waals surface area (Å²) in [5, 5.41) is 5.57. The Morgan fingerprint density at radius 2 is 1.42 bits per heavy atom. The van der Waals surface area contributed by atoms with Crippen molar-refractivity contribution in [1.29, 1.82) is 0 Å². The first-order valence-electron chi connectivity index (χ1n) is 11.8. The number of nitrogens with one attached hydrogen (secondary N) is 1. The zero-order chi connectivity index (χ0) is 26.6. The first-order chi connectivity index (χ1) is 18.5. The van der Waals surface area contributed by atoms with Gasteiger partial charge in [-0.05, 0) is 60.0 Å². The monoisotopic (exact) mass is 510 g/mol. The van der Waals surface area contributed by atoms with Crippen LogP contribution < -0.4 is 29.0 Å². The first kappa shape index (κ1) is 24.7. The van der Waals surface area contributed by atoms with Crippen LogP contribution >= 0.6 is 0 Å². The number of hydrogen-bond donors (Lipinski definition) is 1. The van der Waals surface area contributed by atoms with E-state index >= 15 is 0 Å². The highest BCUT2D eigenvalue weighted by molar-refractivity contribution is 6.09. The molecule has 1 heterocycles. The lowest BCUT2D eigenvalue weighted by Crippen LogP contribution is -2.12. The second kappa shape index (κ2) is 10.6. The van der Waals surface area contributed by atoms with Crippen LogP contribution in [0.1, 0.15) is 10.4 Å². The predicted molar refractivity (Wildman–Crippen MR) is 146 cm³/mol. The van der Waals surface area contributed by atoms with E-state index in [4.69, 9.17) is 23.7 Å². The molecule has 0 radical (unpaired) electrons. The summed E-state index contributed by atoms with van der Waals surface area (Å²) in [6, 6.07) is 21.9. The first-order valence-corrected chi connectivity index (χ1v) is 11.8. The number of ether oxygens (including phenoxy) is 5. The van der Waals surface area contributed by atoms with Crippen LogP contribution in [0.2, 0.25) is 0 Å². The molecule has 1 aromatic heterocycles. The van der Waals surface area contributed by atoms with E-state index in [2.05, 4.69) is 10.3 Å². The smallest absolute Gasteiger partial charge is 0.255 e. The minimum Gasteiger partial charge on any atom is -0.493 e. The van der Waals surface area contributed by atoms with Crippen LogP contribution in [0, 0.1) is 0 Å². The van der Waals surface area contributed by atoms with E-state index in [0.29, 0.717) is 45.7 Å². The maximum absolute atomic E-state index is 13.0. The molecule has 0 bridgehead atoms. The largest absolute Gasteiger partial charge is 0.493 e. The summed E-state index contributed by atoms with van der Waals surface area (Å²) in [4.78, 5) is 17.4. The molecule has 192 valence electrons. The number of amides is 1. The zero-order valence-corrected chi connectivity index (χ0v) is 21.4. The van der Waals surface area contributed by atoms with Crippen LogP contribution in [0.15, 0.2) is 79.0 Å². The quantitative estimate of drug-likeness (QED) is 0.256. The van der Waals surface area contributed by atoms with E-state index < -0.39 is 0 Å². The number of pyridine rings is 1. The van der Waals surface area contributed by atoms with Gasteiger partial charge < -0.3 is 29.0 Å². The fourth-order valence-electron chi connectivity index (χ4n) is 4.27. The number of aromatic nitrogens is 1. The van der Waals surface area contributed by atoms with E-state index in [9.17, 15) is 4.79 Å². The number of benzene rings is 4. The summed E-state index contributed by atoms with van der Waals surface area (Å²) in [5.74, 6) is 3.24. The molecule has 8 nitrogen and oxygen atoms in total. The second-order valence-corrected chi connectivity index (χ2v) is 8.35. The molecule has 8 heteroatoms. The number of hydrogen-bond acceptors (Lipinski definition) is 7. The Hall–Kier alpha value is -4.98. The number of methoxy groups -OCH3 is 4. The second-order valence-electron chi connectivity index (χ2n) is 8.35. The van der Waals surface area contributed by atoms with Crippen molar-refractivity contribution in [3.05, 3.63) is 84.6 Å². The summed E-state index contributed by atoms with van der Waals surface area (Å²) >= 11 is 0. The number of nitrogens with zero attached hydrogens (tertiary/aromatic N) is 1. The van der Waals surface area contributed by atoms with Crippen molar-refractivity contribution in [2.24, 2.45) is 0 Å². The highest BCUT2D eigenvalue weighted by atomic mass is 16.5. The number of rotatable bonds is 8. The molecule has 0 aliphatic carbocycles. The lowest BCUT2D eigenvalue weighted by atomic mass is 10.1. The van der Waals surface area contributed by atoms with Gasteiger partial charge in [0.15, 0.2) is 23.0 Å². The van der Waals surface area contributed by atoms with Crippen molar-refractivity contribution >= 4 is 33.3 Å². The van der Waals surface area contributed by atoms with Crippen LogP contribution in [0.4, 0.5) is 5.69 Å². The molecule has 0 aliphatic rings. The highest BCUT2D eigenvalue weighted by Gasteiger charge is 2.14. The summed E-state index contributed by atoms with van der Waals surface area (Å²) < 4.78 is 27.7. The lowest BCUT2D eigenvalue weighted by Gasteiger charge is -2.14. The molecular weight excluding hydrogens is 484 g/mol. The van der Waals surface area contributed by atoms with Gasteiger partial charge in [0.05, 0.1) is 34.0 Å². The number of carbonyl (C=O) groups is 1. The molecule has 0 unspecified atom stereocenters. The molecule has 1 amide bonds. The minimum absolute atomic E-state index is 0.258. The van der Waals surface area contributed by atoms with E-state index in [1.165, 1.54) is 7.11 Å². The van der Waals surface area contributed by atoms with E-state index in [1.807, 2.05) is 48.5 Å². The van der Waals surface area contributed by atoms with Crippen molar-refractivity contribution in [3.63, 3.8) is 0 Å². The van der Waals surface area contributed by atoms with Gasteiger partial charge in [0.25, 0.3) is 5.91 Å². The lowest BCUT2D eigenvalue weighted by molar-refractivity contribution is 0.102.